The molecule has 208 valence electrons. The Balaban J connectivity index is 1.53. The summed E-state index contributed by atoms with van der Waals surface area (Å²) in [6.45, 7) is 0.968. The van der Waals surface area contributed by atoms with Crippen molar-refractivity contribution in [3.63, 3.8) is 0 Å². The molecule has 4 rings (SSSR count). The molecule has 0 aromatic heterocycles. The highest BCUT2D eigenvalue weighted by Gasteiger charge is 2.37. The largest absolute Gasteiger partial charge is 0.388 e. The quantitative estimate of drug-likeness (QED) is 0.178. The average molecular weight is 541 g/mol. The third-order valence-corrected chi connectivity index (χ3v) is 6.42. The summed E-state index contributed by atoms with van der Waals surface area (Å²) in [5.41, 5.74) is 3.77. The fourth-order valence-corrected chi connectivity index (χ4v) is 4.28. The van der Waals surface area contributed by atoms with Crippen LogP contribution in [0.1, 0.15) is 22.3 Å². The third-order valence-electron chi connectivity index (χ3n) is 6.42. The van der Waals surface area contributed by atoms with Crippen molar-refractivity contribution in [1.82, 2.24) is 0 Å². The monoisotopic (exact) mass is 540 g/mol. The van der Waals surface area contributed by atoms with Gasteiger partial charge in [-0.2, -0.15) is 0 Å². The van der Waals surface area contributed by atoms with Crippen LogP contribution in [0.25, 0.3) is 0 Å². The van der Waals surface area contributed by atoms with Gasteiger partial charge in [0.15, 0.2) is 6.29 Å². The third kappa shape index (κ3) is 9.52. The van der Waals surface area contributed by atoms with Gasteiger partial charge in [0.25, 0.3) is 0 Å². The normalized spacial score (nSPS) is 14.2. The van der Waals surface area contributed by atoms with Gasteiger partial charge in [0.2, 0.25) is 0 Å². The van der Waals surface area contributed by atoms with Gasteiger partial charge in [0, 0.05) is 0 Å². The van der Waals surface area contributed by atoms with E-state index in [2.05, 4.69) is 0 Å². The van der Waals surface area contributed by atoms with Gasteiger partial charge in [-0.25, -0.2) is 0 Å². The highest BCUT2D eigenvalue weighted by atomic mass is 16.6. The Hall–Kier alpha value is -3.65. The van der Waals surface area contributed by atoms with Crippen molar-refractivity contribution < 1.29 is 28.8 Å². The van der Waals surface area contributed by atoms with Crippen molar-refractivity contribution >= 4 is 6.29 Å². The van der Waals surface area contributed by atoms with E-state index in [-0.39, 0.29) is 26.4 Å². The van der Waals surface area contributed by atoms with Crippen LogP contribution in [0, 0.1) is 0 Å². The smallest absolute Gasteiger partial charge is 0.151 e. The summed E-state index contributed by atoms with van der Waals surface area (Å²) < 4.78 is 24.5. The van der Waals surface area contributed by atoms with Crippen LogP contribution < -0.4 is 0 Å². The van der Waals surface area contributed by atoms with Gasteiger partial charge in [-0.3, -0.25) is 0 Å². The molecule has 0 aliphatic carbocycles. The van der Waals surface area contributed by atoms with E-state index >= 15 is 0 Å². The molecule has 40 heavy (non-hydrogen) atoms. The number of ether oxygens (including phenoxy) is 4. The molecule has 0 fully saturated rings. The van der Waals surface area contributed by atoms with Gasteiger partial charge in [0.05, 0.1) is 33.0 Å². The number of aldehydes is 1. The van der Waals surface area contributed by atoms with Gasteiger partial charge >= 0.3 is 0 Å². The Morgan fingerprint density at radius 1 is 0.525 bits per heavy atom. The number of benzene rings is 4. The maximum atomic E-state index is 12.4. The van der Waals surface area contributed by atoms with Crippen LogP contribution in [-0.4, -0.2) is 42.4 Å². The SMILES string of the molecule is O=C[C@@H](OCc1ccccc1)[C@H](OCc1ccccc1)[C@@H](OCc1ccccc1)[C@@H](O)COCc1ccccc1. The summed E-state index contributed by atoms with van der Waals surface area (Å²) >= 11 is 0. The Labute approximate surface area is 236 Å². The second-order valence-electron chi connectivity index (χ2n) is 9.49. The van der Waals surface area contributed by atoms with Crippen molar-refractivity contribution in [2.75, 3.05) is 6.61 Å². The van der Waals surface area contributed by atoms with E-state index in [0.717, 1.165) is 28.5 Å². The Kier molecular flexibility index (Phi) is 12.1. The lowest BCUT2D eigenvalue weighted by Gasteiger charge is -2.34. The van der Waals surface area contributed by atoms with Crippen LogP contribution in [0.2, 0.25) is 0 Å². The molecule has 4 aromatic rings. The molecule has 0 aliphatic rings. The molecule has 0 heterocycles. The zero-order chi connectivity index (χ0) is 27.8. The predicted octanol–water partition coefficient (Wildman–Crippen LogP) is 5.52. The van der Waals surface area contributed by atoms with Gasteiger partial charge < -0.3 is 28.8 Å². The van der Waals surface area contributed by atoms with Crippen LogP contribution in [0.5, 0.6) is 0 Å². The van der Waals surface area contributed by atoms with Crippen molar-refractivity contribution in [1.29, 1.82) is 0 Å². The highest BCUT2D eigenvalue weighted by molar-refractivity contribution is 5.57. The molecule has 1 N–H and O–H groups in total. The molecule has 0 amide bonds. The number of hydrogen-bond donors (Lipinski definition) is 1. The Morgan fingerprint density at radius 2 is 0.900 bits per heavy atom. The summed E-state index contributed by atoms with van der Waals surface area (Å²) in [4.78, 5) is 12.4. The maximum Gasteiger partial charge on any atom is 0.151 e. The van der Waals surface area contributed by atoms with Gasteiger partial charge in [-0.05, 0) is 22.3 Å². The first-order valence-electron chi connectivity index (χ1n) is 13.4. The zero-order valence-corrected chi connectivity index (χ0v) is 22.5. The van der Waals surface area contributed by atoms with E-state index in [1.807, 2.05) is 121 Å². The summed E-state index contributed by atoms with van der Waals surface area (Å²) in [6, 6.07) is 38.7. The van der Waals surface area contributed by atoms with Crippen molar-refractivity contribution in [3.8, 4) is 0 Å². The topological polar surface area (TPSA) is 74.2 Å². The lowest BCUT2D eigenvalue weighted by atomic mass is 10.0. The fraction of sp³-hybridized carbons (Fsp3) is 0.265. The minimum Gasteiger partial charge on any atom is -0.388 e. The number of hydrogen-bond acceptors (Lipinski definition) is 6. The Bertz CT molecular complexity index is 1220. The van der Waals surface area contributed by atoms with Crippen LogP contribution in [0.4, 0.5) is 0 Å². The van der Waals surface area contributed by atoms with E-state index in [4.69, 9.17) is 18.9 Å². The molecule has 0 aliphatic heterocycles. The van der Waals surface area contributed by atoms with Crippen molar-refractivity contribution in [2.24, 2.45) is 0 Å². The average Bonchev–Trinajstić information content (AvgIpc) is 3.01. The second kappa shape index (κ2) is 16.5. The summed E-state index contributed by atoms with van der Waals surface area (Å²) in [5.74, 6) is 0. The van der Waals surface area contributed by atoms with E-state index in [0.29, 0.717) is 6.61 Å². The standard InChI is InChI=1S/C34H36O6/c35-21-32(38-23-28-15-7-2-8-16-28)34(40-25-30-19-11-4-12-20-30)33(39-24-29-17-9-3-10-18-29)31(36)26-37-22-27-13-5-1-6-14-27/h1-21,31-34,36H,22-26H2/t31-,32+,33-,34-/m0/s1. The first-order valence-corrected chi connectivity index (χ1v) is 13.4. The van der Waals surface area contributed by atoms with Crippen LogP contribution in [0.3, 0.4) is 0 Å². The summed E-state index contributed by atoms with van der Waals surface area (Å²) in [7, 11) is 0. The molecule has 6 nitrogen and oxygen atoms in total. The van der Waals surface area contributed by atoms with E-state index < -0.39 is 24.4 Å². The molecule has 0 spiro atoms. The molecule has 0 bridgehead atoms. The van der Waals surface area contributed by atoms with E-state index in [9.17, 15) is 9.90 Å². The van der Waals surface area contributed by atoms with Gasteiger partial charge in [-0.1, -0.05) is 121 Å². The number of rotatable bonds is 17. The lowest BCUT2D eigenvalue weighted by molar-refractivity contribution is -0.185. The van der Waals surface area contributed by atoms with E-state index in [1.54, 1.807) is 0 Å². The molecule has 0 radical (unpaired) electrons. The van der Waals surface area contributed by atoms with Crippen LogP contribution >= 0.6 is 0 Å². The molecule has 4 atom stereocenters. The number of aliphatic hydroxyl groups excluding tert-OH is 1. The Morgan fingerprint density at radius 3 is 1.32 bits per heavy atom. The van der Waals surface area contributed by atoms with Crippen molar-refractivity contribution in [3.05, 3.63) is 144 Å². The molecule has 0 saturated carbocycles. The number of carbonyl (C=O) groups excluding carboxylic acids is 1. The first-order chi connectivity index (χ1) is 19.7. The second-order valence-corrected chi connectivity index (χ2v) is 9.49. The molecule has 4 aromatic carbocycles. The molecular weight excluding hydrogens is 504 g/mol. The first kappa shape index (κ1) is 29.3. The van der Waals surface area contributed by atoms with Crippen molar-refractivity contribution in [2.45, 2.75) is 50.8 Å². The fourth-order valence-electron chi connectivity index (χ4n) is 4.28. The zero-order valence-electron chi connectivity index (χ0n) is 22.5. The van der Waals surface area contributed by atoms with Crippen LogP contribution in [-0.2, 0) is 50.2 Å². The molecule has 6 heteroatoms. The predicted molar refractivity (Wildman–Crippen MR) is 153 cm³/mol. The minimum absolute atomic E-state index is 0.0101. The summed E-state index contributed by atoms with van der Waals surface area (Å²) in [5, 5.41) is 11.4. The van der Waals surface area contributed by atoms with E-state index in [1.165, 1.54) is 0 Å². The number of aliphatic hydroxyl groups is 1. The summed E-state index contributed by atoms with van der Waals surface area (Å²) in [6.07, 6.45) is -3.18. The van der Waals surface area contributed by atoms with Crippen LogP contribution in [0.15, 0.2) is 121 Å². The number of carbonyl (C=O) groups is 1. The maximum absolute atomic E-state index is 12.4. The van der Waals surface area contributed by atoms with Gasteiger partial charge in [0.1, 0.15) is 24.4 Å². The minimum atomic E-state index is -1.09. The molecular formula is C34H36O6. The molecule has 0 unspecified atom stereocenters. The lowest BCUT2D eigenvalue weighted by Crippen LogP contribution is -2.50. The molecule has 0 saturated heterocycles. The van der Waals surface area contributed by atoms with Gasteiger partial charge in [-0.15, -0.1) is 0 Å². The highest BCUT2D eigenvalue weighted by Crippen LogP contribution is 2.21.